The lowest BCUT2D eigenvalue weighted by Crippen LogP contribution is -2.34. The zero-order chi connectivity index (χ0) is 14.5. The fraction of sp³-hybridized carbons (Fsp3) is 0.588. The second-order valence-corrected chi connectivity index (χ2v) is 7.44. The van der Waals surface area contributed by atoms with Gasteiger partial charge in [0.1, 0.15) is 0 Å². The number of piperidine rings is 1. The summed E-state index contributed by atoms with van der Waals surface area (Å²) in [6.45, 7) is 1.91. The number of carbonyl (C=O) groups is 1. The average Bonchev–Trinajstić information content (AvgIpc) is 3.03. The van der Waals surface area contributed by atoms with Crippen molar-refractivity contribution in [2.24, 2.45) is 5.92 Å². The Balaban J connectivity index is 1.52. The molecular weight excluding hydrogens is 280 g/mol. The van der Waals surface area contributed by atoms with Crippen LogP contribution in [0.4, 0.5) is 5.69 Å². The lowest BCUT2D eigenvalue weighted by atomic mass is 9.97. The maximum absolute atomic E-state index is 12.2. The van der Waals surface area contributed by atoms with E-state index in [1.54, 1.807) is 0 Å². The van der Waals surface area contributed by atoms with Crippen LogP contribution in [0.1, 0.15) is 38.5 Å². The Bertz CT molecular complexity index is 462. The average molecular weight is 304 g/mol. The quantitative estimate of drug-likeness (QED) is 0.892. The number of hydrogen-bond acceptors (Lipinski definition) is 3. The molecule has 1 heterocycles. The fourth-order valence-corrected chi connectivity index (χ4v) is 4.39. The van der Waals surface area contributed by atoms with Gasteiger partial charge in [-0.15, -0.1) is 11.8 Å². The van der Waals surface area contributed by atoms with E-state index in [9.17, 15) is 4.79 Å². The van der Waals surface area contributed by atoms with Gasteiger partial charge in [-0.2, -0.15) is 0 Å². The summed E-state index contributed by atoms with van der Waals surface area (Å²) in [6.07, 6.45) is 7.34. The van der Waals surface area contributed by atoms with Crippen molar-refractivity contribution in [3.63, 3.8) is 0 Å². The van der Waals surface area contributed by atoms with Crippen LogP contribution >= 0.6 is 11.8 Å². The maximum Gasteiger partial charge on any atom is 0.227 e. The van der Waals surface area contributed by atoms with Gasteiger partial charge in [-0.25, -0.2) is 0 Å². The Morgan fingerprint density at radius 3 is 2.38 bits per heavy atom. The maximum atomic E-state index is 12.2. The minimum absolute atomic E-state index is 0.166. The molecule has 1 saturated heterocycles. The van der Waals surface area contributed by atoms with Crippen LogP contribution in [0.5, 0.6) is 0 Å². The van der Waals surface area contributed by atoms with E-state index in [0.29, 0.717) is 0 Å². The molecule has 1 saturated carbocycles. The summed E-state index contributed by atoms with van der Waals surface area (Å²) in [5.74, 6) is 0.339. The van der Waals surface area contributed by atoms with Crippen molar-refractivity contribution in [1.82, 2.24) is 5.32 Å². The molecule has 3 nitrogen and oxygen atoms in total. The van der Waals surface area contributed by atoms with Gasteiger partial charge in [0.2, 0.25) is 5.91 Å². The van der Waals surface area contributed by atoms with Crippen LogP contribution in [0, 0.1) is 5.92 Å². The van der Waals surface area contributed by atoms with Gasteiger partial charge >= 0.3 is 0 Å². The number of amides is 1. The number of thioether (sulfide) groups is 1. The molecule has 2 fully saturated rings. The molecule has 1 aromatic carbocycles. The Morgan fingerprint density at radius 1 is 1.05 bits per heavy atom. The third-order valence-corrected chi connectivity index (χ3v) is 5.79. The number of benzene rings is 1. The molecule has 1 aliphatic heterocycles. The van der Waals surface area contributed by atoms with E-state index in [0.717, 1.165) is 36.9 Å². The van der Waals surface area contributed by atoms with Crippen molar-refractivity contribution in [2.75, 3.05) is 18.4 Å². The molecule has 0 bridgehead atoms. The van der Waals surface area contributed by atoms with E-state index in [4.69, 9.17) is 0 Å². The van der Waals surface area contributed by atoms with Gasteiger partial charge < -0.3 is 10.6 Å². The standard InChI is InChI=1S/C17H24N2OS/c20-17(13-9-11-18-12-10-13)19-14-5-7-16(8-6-14)21-15-3-1-2-4-15/h5-8,13,15,18H,1-4,9-12H2,(H,19,20). The predicted octanol–water partition coefficient (Wildman–Crippen LogP) is 3.66. The minimum atomic E-state index is 0.166. The normalized spacial score (nSPS) is 20.6. The first-order valence-electron chi connectivity index (χ1n) is 8.09. The van der Waals surface area contributed by atoms with Crippen LogP contribution in [0.15, 0.2) is 29.2 Å². The first-order chi connectivity index (χ1) is 10.3. The summed E-state index contributed by atoms with van der Waals surface area (Å²) in [7, 11) is 0. The van der Waals surface area contributed by atoms with Gasteiger partial charge in [-0.3, -0.25) is 4.79 Å². The van der Waals surface area contributed by atoms with Crippen LogP contribution in [-0.2, 0) is 4.79 Å². The van der Waals surface area contributed by atoms with Crippen molar-refractivity contribution in [3.05, 3.63) is 24.3 Å². The molecule has 2 aliphatic rings. The molecule has 114 valence electrons. The number of nitrogens with one attached hydrogen (secondary N) is 2. The molecular formula is C17H24N2OS. The van der Waals surface area contributed by atoms with Gasteiger partial charge in [0.25, 0.3) is 0 Å². The highest BCUT2D eigenvalue weighted by molar-refractivity contribution is 8.00. The second-order valence-electron chi connectivity index (χ2n) is 6.06. The Labute approximate surface area is 131 Å². The number of carbonyl (C=O) groups excluding carboxylic acids is 1. The van der Waals surface area contributed by atoms with Crippen molar-refractivity contribution >= 4 is 23.4 Å². The molecule has 0 unspecified atom stereocenters. The van der Waals surface area contributed by atoms with E-state index >= 15 is 0 Å². The van der Waals surface area contributed by atoms with Crippen molar-refractivity contribution in [3.8, 4) is 0 Å². The Hall–Kier alpha value is -1.00. The Kier molecular flexibility index (Phi) is 5.20. The van der Waals surface area contributed by atoms with Crippen LogP contribution in [-0.4, -0.2) is 24.2 Å². The van der Waals surface area contributed by atoms with Crippen LogP contribution < -0.4 is 10.6 Å². The lowest BCUT2D eigenvalue weighted by Gasteiger charge is -2.21. The lowest BCUT2D eigenvalue weighted by molar-refractivity contribution is -0.120. The summed E-state index contributed by atoms with van der Waals surface area (Å²) in [5, 5.41) is 7.14. The summed E-state index contributed by atoms with van der Waals surface area (Å²) in [5.41, 5.74) is 0.925. The first kappa shape index (κ1) is 14.9. The molecule has 1 aliphatic carbocycles. The number of hydrogen-bond donors (Lipinski definition) is 2. The Morgan fingerprint density at radius 2 is 1.71 bits per heavy atom. The first-order valence-corrected chi connectivity index (χ1v) is 8.97. The molecule has 4 heteroatoms. The van der Waals surface area contributed by atoms with Crippen LogP contribution in [0.25, 0.3) is 0 Å². The van der Waals surface area contributed by atoms with Gasteiger partial charge in [0.15, 0.2) is 0 Å². The van der Waals surface area contributed by atoms with Crippen molar-refractivity contribution in [2.45, 2.75) is 48.7 Å². The second kappa shape index (κ2) is 7.32. The van der Waals surface area contributed by atoms with Gasteiger partial charge in [0, 0.05) is 21.8 Å². The van der Waals surface area contributed by atoms with Gasteiger partial charge in [0.05, 0.1) is 0 Å². The van der Waals surface area contributed by atoms with E-state index in [-0.39, 0.29) is 11.8 Å². The topological polar surface area (TPSA) is 41.1 Å². The smallest absolute Gasteiger partial charge is 0.227 e. The molecule has 21 heavy (non-hydrogen) atoms. The van der Waals surface area contributed by atoms with E-state index in [1.807, 2.05) is 23.9 Å². The zero-order valence-corrected chi connectivity index (χ0v) is 13.3. The molecule has 0 spiro atoms. The van der Waals surface area contributed by atoms with Crippen LogP contribution in [0.3, 0.4) is 0 Å². The molecule has 0 aromatic heterocycles. The molecule has 3 rings (SSSR count). The summed E-state index contributed by atoms with van der Waals surface area (Å²) >= 11 is 1.99. The summed E-state index contributed by atoms with van der Waals surface area (Å²) < 4.78 is 0. The van der Waals surface area contributed by atoms with E-state index < -0.39 is 0 Å². The summed E-state index contributed by atoms with van der Waals surface area (Å²) in [4.78, 5) is 13.5. The molecule has 1 aromatic rings. The van der Waals surface area contributed by atoms with Gasteiger partial charge in [-0.1, -0.05) is 12.8 Å². The number of rotatable bonds is 4. The fourth-order valence-electron chi connectivity index (χ4n) is 3.14. The molecule has 0 radical (unpaired) electrons. The third-order valence-electron chi connectivity index (χ3n) is 4.44. The number of anilines is 1. The van der Waals surface area contributed by atoms with Crippen molar-refractivity contribution in [1.29, 1.82) is 0 Å². The van der Waals surface area contributed by atoms with Crippen LogP contribution in [0.2, 0.25) is 0 Å². The van der Waals surface area contributed by atoms with E-state index in [1.165, 1.54) is 30.6 Å². The largest absolute Gasteiger partial charge is 0.326 e. The highest BCUT2D eigenvalue weighted by Crippen LogP contribution is 2.35. The highest BCUT2D eigenvalue weighted by atomic mass is 32.2. The molecule has 0 atom stereocenters. The predicted molar refractivity (Wildman–Crippen MR) is 88.8 cm³/mol. The highest BCUT2D eigenvalue weighted by Gasteiger charge is 2.21. The summed E-state index contributed by atoms with van der Waals surface area (Å²) in [6, 6.07) is 8.36. The molecule has 1 amide bonds. The van der Waals surface area contributed by atoms with E-state index in [2.05, 4.69) is 22.8 Å². The van der Waals surface area contributed by atoms with Crippen molar-refractivity contribution < 1.29 is 4.79 Å². The third kappa shape index (κ3) is 4.24. The van der Waals surface area contributed by atoms with Gasteiger partial charge in [-0.05, 0) is 63.0 Å². The molecule has 2 N–H and O–H groups in total. The zero-order valence-electron chi connectivity index (χ0n) is 12.4. The minimum Gasteiger partial charge on any atom is -0.326 e. The monoisotopic (exact) mass is 304 g/mol. The SMILES string of the molecule is O=C(Nc1ccc(SC2CCCC2)cc1)C1CCNCC1.